The van der Waals surface area contributed by atoms with Gasteiger partial charge in [0.1, 0.15) is 0 Å². The Hall–Kier alpha value is -0.370. The molecule has 50 valence electrons. The highest BCUT2D eigenvalue weighted by Gasteiger charge is 2.00. The summed E-state index contributed by atoms with van der Waals surface area (Å²) in [5.41, 5.74) is 0. The quantitative estimate of drug-likeness (QED) is 0.508. The van der Waals surface area contributed by atoms with Gasteiger partial charge in [0.2, 0.25) is 0 Å². The molecule has 0 aliphatic heterocycles. The van der Waals surface area contributed by atoms with Crippen LogP contribution in [0.5, 0.6) is 0 Å². The highest BCUT2D eigenvalue weighted by Crippen LogP contribution is 2.12. The fraction of sp³-hybridized carbons (Fsp3) is 0.429. The van der Waals surface area contributed by atoms with Crippen molar-refractivity contribution in [3.63, 3.8) is 0 Å². The van der Waals surface area contributed by atoms with Crippen LogP contribution in [-0.2, 0) is 10.8 Å². The summed E-state index contributed by atoms with van der Waals surface area (Å²) in [6.45, 7) is 0. The Morgan fingerprint density at radius 1 is 1.56 bits per heavy atom. The molecule has 2 heteroatoms. The average Bonchev–Trinajstić information content (AvgIpc) is 1.90. The van der Waals surface area contributed by atoms with Gasteiger partial charge in [0.15, 0.2) is 0 Å². The average molecular weight is 142 g/mol. The van der Waals surface area contributed by atoms with Gasteiger partial charge in [-0.25, -0.2) is 0 Å². The molecule has 1 rings (SSSR count). The van der Waals surface area contributed by atoms with Gasteiger partial charge in [-0.3, -0.25) is 4.21 Å². The fourth-order valence-electron chi connectivity index (χ4n) is 0.813. The summed E-state index contributed by atoms with van der Waals surface area (Å²) in [4.78, 5) is 1.07. The third-order valence-electron chi connectivity index (χ3n) is 1.34. The molecule has 0 amide bonds. The summed E-state index contributed by atoms with van der Waals surface area (Å²) in [6.07, 6.45) is 9.76. The molecule has 0 spiro atoms. The van der Waals surface area contributed by atoms with Crippen LogP contribution in [0.2, 0.25) is 0 Å². The van der Waals surface area contributed by atoms with E-state index >= 15 is 0 Å². The fourth-order valence-corrected chi connectivity index (χ4v) is 1.48. The van der Waals surface area contributed by atoms with Crippen molar-refractivity contribution in [2.24, 2.45) is 0 Å². The van der Waals surface area contributed by atoms with Crippen molar-refractivity contribution in [2.45, 2.75) is 12.8 Å². The first-order chi connectivity index (χ1) is 4.30. The van der Waals surface area contributed by atoms with Crippen molar-refractivity contribution < 1.29 is 4.21 Å². The highest BCUT2D eigenvalue weighted by molar-refractivity contribution is 7.88. The van der Waals surface area contributed by atoms with E-state index in [1.165, 1.54) is 0 Å². The molecule has 0 N–H and O–H groups in total. The molecule has 1 nitrogen and oxygen atoms in total. The van der Waals surface area contributed by atoms with Gasteiger partial charge in [-0.15, -0.1) is 0 Å². The van der Waals surface area contributed by atoms with Crippen LogP contribution in [0.3, 0.4) is 0 Å². The second-order valence-corrected chi connectivity index (χ2v) is 3.47. The lowest BCUT2D eigenvalue weighted by Crippen LogP contribution is -1.92. The molecule has 0 saturated heterocycles. The SMILES string of the molecule is CS(=O)C1=CCC=CC1. The third kappa shape index (κ3) is 1.79. The van der Waals surface area contributed by atoms with Gasteiger partial charge >= 0.3 is 0 Å². The summed E-state index contributed by atoms with van der Waals surface area (Å²) in [7, 11) is -0.742. The summed E-state index contributed by atoms with van der Waals surface area (Å²) in [5.74, 6) is 0. The van der Waals surface area contributed by atoms with Crippen LogP contribution >= 0.6 is 0 Å². The predicted molar refractivity (Wildman–Crippen MR) is 40.5 cm³/mol. The molecule has 0 radical (unpaired) electrons. The van der Waals surface area contributed by atoms with E-state index in [0.717, 1.165) is 17.7 Å². The van der Waals surface area contributed by atoms with Crippen LogP contribution in [0.4, 0.5) is 0 Å². The summed E-state index contributed by atoms with van der Waals surface area (Å²) < 4.78 is 10.8. The van der Waals surface area contributed by atoms with E-state index in [9.17, 15) is 4.21 Å². The normalized spacial score (nSPS) is 21.2. The van der Waals surface area contributed by atoms with Crippen molar-refractivity contribution in [1.29, 1.82) is 0 Å². The van der Waals surface area contributed by atoms with E-state index in [4.69, 9.17) is 0 Å². The van der Waals surface area contributed by atoms with Crippen LogP contribution in [0.25, 0.3) is 0 Å². The third-order valence-corrected chi connectivity index (χ3v) is 2.41. The van der Waals surface area contributed by atoms with Gasteiger partial charge in [0.25, 0.3) is 0 Å². The van der Waals surface area contributed by atoms with E-state index in [-0.39, 0.29) is 0 Å². The zero-order valence-corrected chi connectivity index (χ0v) is 6.28. The van der Waals surface area contributed by atoms with E-state index in [1.807, 2.05) is 6.08 Å². The summed E-state index contributed by atoms with van der Waals surface area (Å²) >= 11 is 0. The molecular weight excluding hydrogens is 132 g/mol. The van der Waals surface area contributed by atoms with Gasteiger partial charge < -0.3 is 0 Å². The molecule has 9 heavy (non-hydrogen) atoms. The monoisotopic (exact) mass is 142 g/mol. The second kappa shape index (κ2) is 2.97. The Kier molecular flexibility index (Phi) is 2.22. The molecule has 1 aliphatic carbocycles. The van der Waals surface area contributed by atoms with Gasteiger partial charge in [0.05, 0.1) is 0 Å². The minimum Gasteiger partial charge on any atom is -0.255 e. The molecule has 1 aliphatic rings. The largest absolute Gasteiger partial charge is 0.255 e. The maximum atomic E-state index is 10.8. The zero-order valence-electron chi connectivity index (χ0n) is 5.46. The van der Waals surface area contributed by atoms with Gasteiger partial charge in [-0.1, -0.05) is 18.2 Å². The molecule has 0 bridgehead atoms. The molecule has 0 fully saturated rings. The van der Waals surface area contributed by atoms with Crippen molar-refractivity contribution in [3.8, 4) is 0 Å². The number of hydrogen-bond acceptors (Lipinski definition) is 1. The number of rotatable bonds is 1. The maximum Gasteiger partial charge on any atom is 0.0456 e. The van der Waals surface area contributed by atoms with Gasteiger partial charge in [-0.05, 0) is 12.8 Å². The van der Waals surface area contributed by atoms with Crippen LogP contribution < -0.4 is 0 Å². The molecule has 0 aromatic carbocycles. The standard InChI is InChI=1S/C7H10OS/c1-9(8)7-5-3-2-4-6-7/h2-3,6H,4-5H2,1H3. The Morgan fingerprint density at radius 3 is 2.67 bits per heavy atom. The van der Waals surface area contributed by atoms with Crippen molar-refractivity contribution >= 4 is 10.8 Å². The highest BCUT2D eigenvalue weighted by atomic mass is 32.2. The lowest BCUT2D eigenvalue weighted by molar-refractivity contribution is 0.689. The number of hydrogen-bond donors (Lipinski definition) is 0. The predicted octanol–water partition coefficient (Wildman–Crippen LogP) is 1.60. The van der Waals surface area contributed by atoms with Crippen LogP contribution in [-0.4, -0.2) is 10.5 Å². The first-order valence-electron chi connectivity index (χ1n) is 2.98. The molecule has 0 heterocycles. The number of allylic oxidation sites excluding steroid dienone is 4. The first kappa shape index (κ1) is 6.75. The topological polar surface area (TPSA) is 17.1 Å². The van der Waals surface area contributed by atoms with Gasteiger partial charge in [-0.2, -0.15) is 0 Å². The van der Waals surface area contributed by atoms with Crippen molar-refractivity contribution in [3.05, 3.63) is 23.1 Å². The molecular formula is C7H10OS. The maximum absolute atomic E-state index is 10.8. The Labute approximate surface area is 57.9 Å². The molecule has 0 aromatic heterocycles. The Balaban J connectivity index is 2.61. The van der Waals surface area contributed by atoms with E-state index in [2.05, 4.69) is 12.2 Å². The van der Waals surface area contributed by atoms with Crippen molar-refractivity contribution in [1.82, 2.24) is 0 Å². The van der Waals surface area contributed by atoms with Crippen LogP contribution in [0.1, 0.15) is 12.8 Å². The minimum absolute atomic E-state index is 0.742. The minimum atomic E-state index is -0.742. The van der Waals surface area contributed by atoms with Crippen LogP contribution in [0.15, 0.2) is 23.1 Å². The Bertz CT molecular complexity index is 179. The van der Waals surface area contributed by atoms with E-state index in [0.29, 0.717) is 0 Å². The molecule has 0 saturated carbocycles. The molecule has 1 unspecified atom stereocenters. The summed E-state index contributed by atoms with van der Waals surface area (Å²) in [6, 6.07) is 0. The summed E-state index contributed by atoms with van der Waals surface area (Å²) in [5, 5.41) is 0. The molecule has 1 atom stereocenters. The van der Waals surface area contributed by atoms with E-state index in [1.54, 1.807) is 6.26 Å². The zero-order chi connectivity index (χ0) is 6.69. The van der Waals surface area contributed by atoms with Gasteiger partial charge in [0, 0.05) is 22.0 Å². The van der Waals surface area contributed by atoms with Crippen molar-refractivity contribution in [2.75, 3.05) is 6.26 Å². The van der Waals surface area contributed by atoms with E-state index < -0.39 is 10.8 Å². The Morgan fingerprint density at radius 2 is 2.33 bits per heavy atom. The van der Waals surface area contributed by atoms with Crippen LogP contribution in [0, 0.1) is 0 Å². The second-order valence-electron chi connectivity index (χ2n) is 2.04. The molecule has 0 aromatic rings. The smallest absolute Gasteiger partial charge is 0.0456 e. The first-order valence-corrected chi connectivity index (χ1v) is 4.54. The lowest BCUT2D eigenvalue weighted by atomic mass is 10.2. The lowest BCUT2D eigenvalue weighted by Gasteiger charge is -2.02.